The van der Waals surface area contributed by atoms with Gasteiger partial charge in [-0.3, -0.25) is 4.99 Å². The molecule has 0 atom stereocenters. The van der Waals surface area contributed by atoms with Crippen molar-refractivity contribution < 1.29 is 0 Å². The van der Waals surface area contributed by atoms with Crippen molar-refractivity contribution in [2.24, 2.45) is 4.99 Å². The third-order valence-corrected chi connectivity index (χ3v) is 6.08. The number of unbranched alkanes of at least 4 members (excludes halogenated alkanes) is 1. The Morgan fingerprint density at radius 3 is 2.39 bits per heavy atom. The number of para-hydroxylation sites is 1. The van der Waals surface area contributed by atoms with Gasteiger partial charge in [0.2, 0.25) is 0 Å². The summed E-state index contributed by atoms with van der Waals surface area (Å²) in [6, 6.07) is 8.10. The maximum absolute atomic E-state index is 6.35. The fourth-order valence-corrected chi connectivity index (χ4v) is 4.19. The van der Waals surface area contributed by atoms with Crippen molar-refractivity contribution in [3.8, 4) is 0 Å². The Kier molecular flexibility index (Phi) is 8.25. The van der Waals surface area contributed by atoms with Gasteiger partial charge in [-0.15, -0.1) is 0 Å². The second-order valence-electron chi connectivity index (χ2n) is 7.75. The lowest BCUT2D eigenvalue weighted by Crippen LogP contribution is -2.52. The van der Waals surface area contributed by atoms with Gasteiger partial charge < -0.3 is 24.9 Å². The molecular weight excluding hydrogens is 372 g/mol. The van der Waals surface area contributed by atoms with Gasteiger partial charge in [0.1, 0.15) is 0 Å². The van der Waals surface area contributed by atoms with E-state index >= 15 is 0 Å². The van der Waals surface area contributed by atoms with Crippen LogP contribution < -0.4 is 10.2 Å². The van der Waals surface area contributed by atoms with E-state index in [0.717, 1.165) is 49.4 Å². The molecule has 2 aliphatic rings. The maximum atomic E-state index is 6.35. The van der Waals surface area contributed by atoms with Crippen LogP contribution in [0.2, 0.25) is 5.02 Å². The average Bonchev–Trinajstić information content (AvgIpc) is 2.73. The topological polar surface area (TPSA) is 37.4 Å². The van der Waals surface area contributed by atoms with E-state index in [2.05, 4.69) is 49.1 Å². The Morgan fingerprint density at radius 2 is 1.71 bits per heavy atom. The first-order chi connectivity index (χ1) is 13.7. The molecular formula is C21H35ClN6. The minimum Gasteiger partial charge on any atom is -0.367 e. The first kappa shape index (κ1) is 21.2. The highest BCUT2D eigenvalue weighted by Crippen LogP contribution is 2.25. The summed E-state index contributed by atoms with van der Waals surface area (Å²) < 4.78 is 0. The van der Waals surface area contributed by atoms with E-state index in [1.54, 1.807) is 0 Å². The van der Waals surface area contributed by atoms with Crippen molar-refractivity contribution in [1.82, 2.24) is 20.0 Å². The lowest BCUT2D eigenvalue weighted by Gasteiger charge is -2.38. The van der Waals surface area contributed by atoms with E-state index in [9.17, 15) is 0 Å². The van der Waals surface area contributed by atoms with Crippen LogP contribution in [0.3, 0.4) is 0 Å². The molecule has 0 bridgehead atoms. The van der Waals surface area contributed by atoms with Gasteiger partial charge in [-0.05, 0) is 38.6 Å². The van der Waals surface area contributed by atoms with Crippen LogP contribution >= 0.6 is 11.6 Å². The number of piperazine rings is 2. The van der Waals surface area contributed by atoms with Crippen molar-refractivity contribution in [1.29, 1.82) is 0 Å². The van der Waals surface area contributed by atoms with Gasteiger partial charge in [0.25, 0.3) is 0 Å². The summed E-state index contributed by atoms with van der Waals surface area (Å²) in [5.74, 6) is 1.03. The zero-order chi connectivity index (χ0) is 19.8. The largest absolute Gasteiger partial charge is 0.367 e. The Bertz CT molecular complexity index is 621. The van der Waals surface area contributed by atoms with Crippen molar-refractivity contribution >= 4 is 23.2 Å². The van der Waals surface area contributed by atoms with Crippen LogP contribution in [0.5, 0.6) is 0 Å². The monoisotopic (exact) mass is 406 g/mol. The molecule has 0 amide bonds. The van der Waals surface area contributed by atoms with Crippen LogP contribution in [0.15, 0.2) is 29.3 Å². The van der Waals surface area contributed by atoms with E-state index in [4.69, 9.17) is 11.6 Å². The number of nitrogens with one attached hydrogen (secondary N) is 1. The molecule has 0 aliphatic carbocycles. The second kappa shape index (κ2) is 10.9. The third kappa shape index (κ3) is 6.00. The number of anilines is 1. The number of nitrogens with zero attached hydrogens (tertiary/aromatic N) is 5. The SMILES string of the molecule is CN=C(NCCCCN1CCN(C)CC1)N1CCN(c2ccccc2Cl)CC1. The van der Waals surface area contributed by atoms with Gasteiger partial charge in [-0.1, -0.05) is 23.7 Å². The van der Waals surface area contributed by atoms with Crippen LogP contribution in [0.25, 0.3) is 0 Å². The molecule has 2 heterocycles. The van der Waals surface area contributed by atoms with Crippen molar-refractivity contribution in [3.63, 3.8) is 0 Å². The summed E-state index contributed by atoms with van der Waals surface area (Å²) in [5, 5.41) is 4.39. The van der Waals surface area contributed by atoms with Gasteiger partial charge in [0, 0.05) is 66.0 Å². The van der Waals surface area contributed by atoms with Crippen molar-refractivity contribution in [2.45, 2.75) is 12.8 Å². The number of hydrogen-bond donors (Lipinski definition) is 1. The molecule has 28 heavy (non-hydrogen) atoms. The zero-order valence-corrected chi connectivity index (χ0v) is 18.2. The van der Waals surface area contributed by atoms with Gasteiger partial charge in [0.05, 0.1) is 10.7 Å². The fraction of sp³-hybridized carbons (Fsp3) is 0.667. The maximum Gasteiger partial charge on any atom is 0.193 e. The molecule has 1 N–H and O–H groups in total. The lowest BCUT2D eigenvalue weighted by atomic mass is 10.2. The molecule has 0 aromatic heterocycles. The highest BCUT2D eigenvalue weighted by atomic mass is 35.5. The fourth-order valence-electron chi connectivity index (χ4n) is 3.93. The highest BCUT2D eigenvalue weighted by Gasteiger charge is 2.21. The molecule has 2 saturated heterocycles. The molecule has 0 unspecified atom stereocenters. The van der Waals surface area contributed by atoms with E-state index < -0.39 is 0 Å². The number of halogens is 1. The predicted octanol–water partition coefficient (Wildman–Crippen LogP) is 2.07. The summed E-state index contributed by atoms with van der Waals surface area (Å²) in [5.41, 5.74) is 1.13. The standard InChI is InChI=1S/C21H35ClN6/c1-23-21(24-9-5-6-10-26-13-11-25(2)12-14-26)28-17-15-27(16-18-28)20-8-4-3-7-19(20)22/h3-4,7-8H,5-6,9-18H2,1-2H3,(H,23,24). The van der Waals surface area contributed by atoms with Crippen LogP contribution in [-0.4, -0.2) is 100 Å². The smallest absolute Gasteiger partial charge is 0.193 e. The molecule has 7 heteroatoms. The summed E-state index contributed by atoms with van der Waals surface area (Å²) in [6.45, 7) is 10.9. The first-order valence-corrected chi connectivity index (χ1v) is 10.9. The van der Waals surface area contributed by atoms with Gasteiger partial charge in [-0.2, -0.15) is 0 Å². The number of rotatable bonds is 6. The predicted molar refractivity (Wildman–Crippen MR) is 120 cm³/mol. The van der Waals surface area contributed by atoms with Crippen LogP contribution in [-0.2, 0) is 0 Å². The summed E-state index contributed by atoms with van der Waals surface area (Å²) in [6.07, 6.45) is 2.43. The second-order valence-corrected chi connectivity index (χ2v) is 8.16. The number of likely N-dealkylation sites (N-methyl/N-ethyl adjacent to an activating group) is 1. The minimum absolute atomic E-state index is 0.832. The molecule has 2 fully saturated rings. The quantitative estimate of drug-likeness (QED) is 0.444. The van der Waals surface area contributed by atoms with E-state index in [1.807, 2.05) is 19.2 Å². The first-order valence-electron chi connectivity index (χ1n) is 10.5. The van der Waals surface area contributed by atoms with Gasteiger partial charge in [-0.25, -0.2) is 0 Å². The van der Waals surface area contributed by atoms with Crippen molar-refractivity contribution in [2.75, 3.05) is 84.4 Å². The van der Waals surface area contributed by atoms with E-state index in [-0.39, 0.29) is 0 Å². The summed E-state index contributed by atoms with van der Waals surface area (Å²) >= 11 is 6.35. The van der Waals surface area contributed by atoms with Gasteiger partial charge >= 0.3 is 0 Å². The Balaban J connectivity index is 1.34. The zero-order valence-electron chi connectivity index (χ0n) is 17.4. The average molecular weight is 407 g/mol. The molecule has 6 nitrogen and oxygen atoms in total. The molecule has 1 aromatic rings. The molecule has 0 spiro atoms. The third-order valence-electron chi connectivity index (χ3n) is 5.76. The lowest BCUT2D eigenvalue weighted by molar-refractivity contribution is 0.152. The minimum atomic E-state index is 0.832. The molecule has 0 radical (unpaired) electrons. The number of guanidine groups is 1. The Labute approximate surface area is 175 Å². The Morgan fingerprint density at radius 1 is 1.00 bits per heavy atom. The molecule has 1 aromatic carbocycles. The van der Waals surface area contributed by atoms with E-state index in [0.29, 0.717) is 0 Å². The summed E-state index contributed by atoms with van der Waals surface area (Å²) in [7, 11) is 4.09. The number of aliphatic imine (C=N–C) groups is 1. The number of benzene rings is 1. The van der Waals surface area contributed by atoms with Gasteiger partial charge in [0.15, 0.2) is 5.96 Å². The van der Waals surface area contributed by atoms with Crippen molar-refractivity contribution in [3.05, 3.63) is 29.3 Å². The number of hydrogen-bond acceptors (Lipinski definition) is 4. The highest BCUT2D eigenvalue weighted by molar-refractivity contribution is 6.33. The summed E-state index contributed by atoms with van der Waals surface area (Å²) in [4.78, 5) is 14.2. The van der Waals surface area contributed by atoms with Crippen LogP contribution in [0.1, 0.15) is 12.8 Å². The van der Waals surface area contributed by atoms with E-state index in [1.165, 1.54) is 45.6 Å². The van der Waals surface area contributed by atoms with Crippen LogP contribution in [0.4, 0.5) is 5.69 Å². The molecule has 3 rings (SSSR count). The normalized spacial score (nSPS) is 19.9. The molecule has 156 valence electrons. The van der Waals surface area contributed by atoms with Crippen LogP contribution in [0, 0.1) is 0 Å². The Hall–Kier alpha value is -1.50. The molecule has 0 saturated carbocycles. The molecule has 2 aliphatic heterocycles.